The second-order valence-corrected chi connectivity index (χ2v) is 24.2. The molecule has 0 saturated carbocycles. The number of esters is 1. The Morgan fingerprint density at radius 2 is 0.603 bits per heavy atom. The molecule has 0 aliphatic carbocycles. The molecule has 6 heteroatoms. The van der Waals surface area contributed by atoms with Crippen LogP contribution in [0, 0.1) is 0 Å². The third-order valence-electron chi connectivity index (χ3n) is 16.4. The molecular weight excluding hydrogens is 959 g/mol. The molecule has 0 saturated heterocycles. The van der Waals surface area contributed by atoms with Crippen molar-refractivity contribution in [3.05, 3.63) is 36.5 Å². The number of aliphatic hydroxyl groups is 2. The number of allylic oxidation sites excluding steroid dienone is 5. The summed E-state index contributed by atoms with van der Waals surface area (Å²) >= 11 is 0. The molecule has 0 aromatic heterocycles. The van der Waals surface area contributed by atoms with Crippen molar-refractivity contribution in [2.45, 2.75) is 398 Å². The van der Waals surface area contributed by atoms with Crippen LogP contribution in [0.4, 0.5) is 0 Å². The van der Waals surface area contributed by atoms with Crippen molar-refractivity contribution in [3.63, 3.8) is 0 Å². The molecule has 78 heavy (non-hydrogen) atoms. The Balaban J connectivity index is 3.43. The maximum Gasteiger partial charge on any atom is 0.305 e. The van der Waals surface area contributed by atoms with Crippen molar-refractivity contribution >= 4 is 11.9 Å². The summed E-state index contributed by atoms with van der Waals surface area (Å²) < 4.78 is 5.50. The number of hydrogen-bond acceptors (Lipinski definition) is 5. The van der Waals surface area contributed by atoms with Crippen LogP contribution >= 0.6 is 0 Å². The molecule has 0 spiro atoms. The molecule has 0 heterocycles. The molecule has 6 nitrogen and oxygen atoms in total. The molecule has 0 bridgehead atoms. The lowest BCUT2D eigenvalue weighted by atomic mass is 10.0. The maximum absolute atomic E-state index is 12.5. The second kappa shape index (κ2) is 67.6. The van der Waals surface area contributed by atoms with Crippen LogP contribution in [0.3, 0.4) is 0 Å². The van der Waals surface area contributed by atoms with Gasteiger partial charge in [-0.3, -0.25) is 9.59 Å². The molecular formula is C72H137NO5. The molecule has 0 rings (SSSR count). The average molecular weight is 1100 g/mol. The van der Waals surface area contributed by atoms with E-state index < -0.39 is 12.1 Å². The minimum absolute atomic E-state index is 0.00820. The fourth-order valence-corrected chi connectivity index (χ4v) is 11.0. The van der Waals surface area contributed by atoms with Gasteiger partial charge in [-0.05, 0) is 83.5 Å². The summed E-state index contributed by atoms with van der Waals surface area (Å²) in [5.41, 5.74) is 0. The SMILES string of the molecule is CCCCCCCC/C=C\CCCCCCCCCC(=O)OCCCCCCCCCCCCCC/C=C\CCCCCCCCCC(=O)NC(CO)C(O)/C=C/CCCCCCCCCCCCCCCCCCCCC. The van der Waals surface area contributed by atoms with Crippen LogP contribution in [0.2, 0.25) is 0 Å². The minimum Gasteiger partial charge on any atom is -0.466 e. The van der Waals surface area contributed by atoms with Crippen LogP contribution in [0.5, 0.6) is 0 Å². The molecule has 0 fully saturated rings. The predicted octanol–water partition coefficient (Wildman–Crippen LogP) is 22.7. The van der Waals surface area contributed by atoms with Crippen LogP contribution < -0.4 is 5.32 Å². The van der Waals surface area contributed by atoms with E-state index in [1.807, 2.05) is 6.08 Å². The van der Waals surface area contributed by atoms with Gasteiger partial charge in [0.05, 0.1) is 25.4 Å². The number of nitrogens with one attached hydrogen (secondary N) is 1. The monoisotopic (exact) mass is 1100 g/mol. The molecule has 0 aromatic rings. The number of unbranched alkanes of at least 4 members (excludes halogenated alkanes) is 51. The summed E-state index contributed by atoms with van der Waals surface area (Å²) in [5.74, 6) is -0.0627. The molecule has 2 atom stereocenters. The molecule has 460 valence electrons. The molecule has 0 aliphatic heterocycles. The Hall–Kier alpha value is -1.92. The summed E-state index contributed by atoms with van der Waals surface area (Å²) in [4.78, 5) is 24.6. The van der Waals surface area contributed by atoms with Gasteiger partial charge in [0.25, 0.3) is 0 Å². The lowest BCUT2D eigenvalue weighted by molar-refractivity contribution is -0.143. The Kier molecular flexibility index (Phi) is 65.9. The van der Waals surface area contributed by atoms with Gasteiger partial charge in [0.1, 0.15) is 0 Å². The van der Waals surface area contributed by atoms with Crippen molar-refractivity contribution < 1.29 is 24.5 Å². The number of carbonyl (C=O) groups excluding carboxylic acids is 2. The molecule has 0 aliphatic rings. The van der Waals surface area contributed by atoms with E-state index in [1.54, 1.807) is 6.08 Å². The summed E-state index contributed by atoms with van der Waals surface area (Å²) in [6, 6.07) is -0.634. The Morgan fingerprint density at radius 1 is 0.346 bits per heavy atom. The van der Waals surface area contributed by atoms with E-state index >= 15 is 0 Å². The average Bonchev–Trinajstić information content (AvgIpc) is 3.44. The topological polar surface area (TPSA) is 95.9 Å². The van der Waals surface area contributed by atoms with Crippen LogP contribution in [-0.2, 0) is 14.3 Å². The minimum atomic E-state index is -0.850. The number of hydrogen-bond donors (Lipinski definition) is 3. The first-order chi connectivity index (χ1) is 38.5. The van der Waals surface area contributed by atoms with E-state index in [-0.39, 0.29) is 18.5 Å². The highest BCUT2D eigenvalue weighted by Gasteiger charge is 2.18. The van der Waals surface area contributed by atoms with Crippen molar-refractivity contribution in [3.8, 4) is 0 Å². The fourth-order valence-electron chi connectivity index (χ4n) is 11.0. The van der Waals surface area contributed by atoms with Gasteiger partial charge in [0.2, 0.25) is 5.91 Å². The van der Waals surface area contributed by atoms with Gasteiger partial charge in [-0.2, -0.15) is 0 Å². The van der Waals surface area contributed by atoms with Gasteiger partial charge in [0.15, 0.2) is 0 Å². The Labute approximate surface area is 487 Å². The molecule has 3 N–H and O–H groups in total. The smallest absolute Gasteiger partial charge is 0.305 e. The molecule has 1 amide bonds. The van der Waals surface area contributed by atoms with Gasteiger partial charge in [-0.15, -0.1) is 0 Å². The van der Waals surface area contributed by atoms with Crippen molar-refractivity contribution in [2.75, 3.05) is 13.2 Å². The zero-order valence-electron chi connectivity index (χ0n) is 52.7. The van der Waals surface area contributed by atoms with E-state index in [1.165, 1.54) is 308 Å². The van der Waals surface area contributed by atoms with Gasteiger partial charge in [0, 0.05) is 12.8 Å². The molecule has 0 radical (unpaired) electrons. The van der Waals surface area contributed by atoms with Crippen LogP contribution in [0.25, 0.3) is 0 Å². The summed E-state index contributed by atoms with van der Waals surface area (Å²) in [6.07, 6.45) is 86.4. The third-order valence-corrected chi connectivity index (χ3v) is 16.4. The van der Waals surface area contributed by atoms with Crippen molar-refractivity contribution in [2.24, 2.45) is 0 Å². The zero-order chi connectivity index (χ0) is 56.4. The first-order valence-electron chi connectivity index (χ1n) is 35.3. The molecule has 2 unspecified atom stereocenters. The maximum atomic E-state index is 12.5. The largest absolute Gasteiger partial charge is 0.466 e. The number of rotatable bonds is 66. The van der Waals surface area contributed by atoms with Crippen LogP contribution in [-0.4, -0.2) is 47.4 Å². The third kappa shape index (κ3) is 63.3. The van der Waals surface area contributed by atoms with E-state index in [4.69, 9.17) is 4.74 Å². The van der Waals surface area contributed by atoms with Gasteiger partial charge in [-0.1, -0.05) is 326 Å². The summed E-state index contributed by atoms with van der Waals surface area (Å²) in [6.45, 7) is 4.93. The summed E-state index contributed by atoms with van der Waals surface area (Å²) in [5, 5.41) is 23.2. The van der Waals surface area contributed by atoms with Crippen molar-refractivity contribution in [1.29, 1.82) is 0 Å². The van der Waals surface area contributed by atoms with E-state index in [0.29, 0.717) is 19.4 Å². The summed E-state index contributed by atoms with van der Waals surface area (Å²) in [7, 11) is 0. The zero-order valence-corrected chi connectivity index (χ0v) is 52.7. The first-order valence-corrected chi connectivity index (χ1v) is 35.3. The van der Waals surface area contributed by atoms with Crippen molar-refractivity contribution in [1.82, 2.24) is 5.32 Å². The van der Waals surface area contributed by atoms with Gasteiger partial charge >= 0.3 is 5.97 Å². The van der Waals surface area contributed by atoms with E-state index in [0.717, 1.165) is 51.4 Å². The number of amides is 1. The Morgan fingerprint density at radius 3 is 0.910 bits per heavy atom. The van der Waals surface area contributed by atoms with Crippen LogP contribution in [0.15, 0.2) is 36.5 Å². The Bertz CT molecular complexity index is 1260. The quantitative estimate of drug-likeness (QED) is 0.0320. The lowest BCUT2D eigenvalue weighted by Gasteiger charge is -2.20. The normalized spacial score (nSPS) is 12.7. The standard InChI is InChI=1S/C72H137NO5/c1-3-5-7-9-11-13-15-17-19-21-22-26-29-33-36-40-44-48-52-56-60-64-70(75)69(68-74)73-71(76)65-61-57-53-49-45-41-37-34-30-27-24-23-25-28-31-35-39-43-47-51-55-59-63-67-78-72(77)66-62-58-54-50-46-42-38-32-20-18-16-14-12-10-8-6-4-2/h18,20,27,30,60,64,69-70,74-75H,3-17,19,21-26,28-29,31-59,61-63,65-68H2,1-2H3,(H,73,76)/b20-18-,30-27-,64-60+. The predicted molar refractivity (Wildman–Crippen MR) is 343 cm³/mol. The van der Waals surface area contributed by atoms with E-state index in [2.05, 4.69) is 43.5 Å². The number of ether oxygens (including phenoxy) is 1. The first kappa shape index (κ1) is 76.1. The van der Waals surface area contributed by atoms with Gasteiger partial charge < -0.3 is 20.3 Å². The number of carbonyl (C=O) groups is 2. The fraction of sp³-hybridized carbons (Fsp3) is 0.889. The van der Waals surface area contributed by atoms with Crippen LogP contribution in [0.1, 0.15) is 386 Å². The highest BCUT2D eigenvalue weighted by Crippen LogP contribution is 2.18. The van der Waals surface area contributed by atoms with Gasteiger partial charge in [-0.25, -0.2) is 0 Å². The number of aliphatic hydroxyl groups excluding tert-OH is 2. The van der Waals surface area contributed by atoms with E-state index in [9.17, 15) is 19.8 Å². The highest BCUT2D eigenvalue weighted by atomic mass is 16.5. The second-order valence-electron chi connectivity index (χ2n) is 24.2. The molecule has 0 aromatic carbocycles. The lowest BCUT2D eigenvalue weighted by Crippen LogP contribution is -2.45. The highest BCUT2D eigenvalue weighted by molar-refractivity contribution is 5.76.